The highest BCUT2D eigenvalue weighted by atomic mass is 16.6. The quantitative estimate of drug-likeness (QED) is 0.462. The van der Waals surface area contributed by atoms with E-state index in [-0.39, 0.29) is 5.76 Å². The SMILES string of the molecule is CO/C=C(\Oc1cc(-n2ccc(OC)n2)ccc1C)C(=O)OC. The van der Waals surface area contributed by atoms with Crippen LogP contribution in [0.1, 0.15) is 5.56 Å². The van der Waals surface area contributed by atoms with E-state index in [4.69, 9.17) is 14.2 Å². The number of carbonyl (C=O) groups is 1. The number of aryl methyl sites for hydroxylation is 1. The van der Waals surface area contributed by atoms with Gasteiger partial charge < -0.3 is 18.9 Å². The van der Waals surface area contributed by atoms with Crippen molar-refractivity contribution in [3.8, 4) is 17.3 Å². The van der Waals surface area contributed by atoms with Crippen LogP contribution in [0, 0.1) is 6.92 Å². The molecule has 2 rings (SSSR count). The van der Waals surface area contributed by atoms with Crippen LogP contribution in [0.5, 0.6) is 11.6 Å². The van der Waals surface area contributed by atoms with Crippen molar-refractivity contribution in [2.75, 3.05) is 21.3 Å². The average Bonchev–Trinajstić information content (AvgIpc) is 3.04. The normalized spacial score (nSPS) is 11.0. The summed E-state index contributed by atoms with van der Waals surface area (Å²) in [5.41, 5.74) is 1.61. The molecular formula is C16H18N2O5. The summed E-state index contributed by atoms with van der Waals surface area (Å²) in [7, 11) is 4.24. The molecule has 0 aliphatic heterocycles. The lowest BCUT2D eigenvalue weighted by Gasteiger charge is -2.12. The minimum atomic E-state index is -0.627. The molecule has 0 saturated carbocycles. The second-order valence-corrected chi connectivity index (χ2v) is 4.56. The van der Waals surface area contributed by atoms with E-state index in [1.165, 1.54) is 20.5 Å². The number of nitrogens with zero attached hydrogens (tertiary/aromatic N) is 2. The van der Waals surface area contributed by atoms with Crippen molar-refractivity contribution in [1.29, 1.82) is 0 Å². The van der Waals surface area contributed by atoms with Crippen LogP contribution in [0.25, 0.3) is 5.69 Å². The number of methoxy groups -OCH3 is 3. The van der Waals surface area contributed by atoms with Gasteiger partial charge >= 0.3 is 5.97 Å². The Morgan fingerprint density at radius 3 is 2.61 bits per heavy atom. The fourth-order valence-corrected chi connectivity index (χ4v) is 1.84. The third-order valence-corrected chi connectivity index (χ3v) is 3.04. The Morgan fingerprint density at radius 2 is 2.00 bits per heavy atom. The molecule has 0 saturated heterocycles. The summed E-state index contributed by atoms with van der Waals surface area (Å²) in [5, 5.41) is 4.24. The van der Waals surface area contributed by atoms with Crippen LogP contribution in [0.15, 0.2) is 42.5 Å². The molecule has 1 heterocycles. The van der Waals surface area contributed by atoms with Gasteiger partial charge in [0.25, 0.3) is 0 Å². The summed E-state index contributed by atoms with van der Waals surface area (Å²) >= 11 is 0. The first-order valence-corrected chi connectivity index (χ1v) is 6.79. The Hall–Kier alpha value is -2.96. The maximum atomic E-state index is 11.7. The molecule has 0 aliphatic carbocycles. The van der Waals surface area contributed by atoms with Crippen LogP contribution < -0.4 is 9.47 Å². The largest absolute Gasteiger partial charge is 0.500 e. The second kappa shape index (κ2) is 7.35. The molecule has 7 heteroatoms. The van der Waals surface area contributed by atoms with Gasteiger partial charge in [-0.05, 0) is 18.6 Å². The number of carbonyl (C=O) groups excluding carboxylic acids is 1. The van der Waals surface area contributed by atoms with Crippen molar-refractivity contribution >= 4 is 5.97 Å². The summed E-state index contributed by atoms with van der Waals surface area (Å²) in [6.45, 7) is 1.87. The first kappa shape index (κ1) is 16.4. The fraction of sp³-hybridized carbons (Fsp3) is 0.250. The maximum absolute atomic E-state index is 11.7. The lowest BCUT2D eigenvalue weighted by Crippen LogP contribution is -2.12. The molecule has 1 aromatic heterocycles. The van der Waals surface area contributed by atoms with Gasteiger partial charge in [0.2, 0.25) is 11.6 Å². The van der Waals surface area contributed by atoms with Crippen LogP contribution in [0.4, 0.5) is 0 Å². The van der Waals surface area contributed by atoms with Crippen molar-refractivity contribution in [3.05, 3.63) is 48.0 Å². The number of benzene rings is 1. The van der Waals surface area contributed by atoms with E-state index in [0.717, 1.165) is 11.3 Å². The van der Waals surface area contributed by atoms with Gasteiger partial charge in [-0.3, -0.25) is 0 Å². The monoisotopic (exact) mass is 318 g/mol. The van der Waals surface area contributed by atoms with E-state index >= 15 is 0 Å². The Bertz CT molecular complexity index is 721. The predicted octanol–water partition coefficient (Wildman–Crippen LogP) is 2.23. The molecule has 0 unspecified atom stereocenters. The molecule has 0 N–H and O–H groups in total. The molecule has 122 valence electrons. The lowest BCUT2D eigenvalue weighted by atomic mass is 10.2. The first-order valence-electron chi connectivity index (χ1n) is 6.79. The lowest BCUT2D eigenvalue weighted by molar-refractivity contribution is -0.138. The number of aromatic nitrogens is 2. The van der Waals surface area contributed by atoms with Crippen LogP contribution >= 0.6 is 0 Å². The molecule has 0 spiro atoms. The second-order valence-electron chi connectivity index (χ2n) is 4.56. The average molecular weight is 318 g/mol. The van der Waals surface area contributed by atoms with Crippen molar-refractivity contribution in [3.63, 3.8) is 0 Å². The van der Waals surface area contributed by atoms with E-state index in [2.05, 4.69) is 9.84 Å². The number of esters is 1. The Labute approximate surface area is 134 Å². The van der Waals surface area contributed by atoms with E-state index < -0.39 is 5.97 Å². The summed E-state index contributed by atoms with van der Waals surface area (Å²) in [5.74, 6) is 0.318. The predicted molar refractivity (Wildman–Crippen MR) is 82.6 cm³/mol. The highest BCUT2D eigenvalue weighted by molar-refractivity contribution is 5.86. The topological polar surface area (TPSA) is 71.8 Å². The van der Waals surface area contributed by atoms with Crippen molar-refractivity contribution < 1.29 is 23.7 Å². The highest BCUT2D eigenvalue weighted by Crippen LogP contribution is 2.24. The van der Waals surface area contributed by atoms with Gasteiger partial charge in [-0.1, -0.05) is 6.07 Å². The van der Waals surface area contributed by atoms with Gasteiger partial charge in [0.05, 0.1) is 27.0 Å². The van der Waals surface area contributed by atoms with Crippen LogP contribution in [0.3, 0.4) is 0 Å². The molecule has 1 aromatic carbocycles. The summed E-state index contributed by atoms with van der Waals surface area (Å²) in [4.78, 5) is 11.7. The molecular weight excluding hydrogens is 300 g/mol. The smallest absolute Gasteiger partial charge is 0.377 e. The minimum absolute atomic E-state index is 0.0479. The van der Waals surface area contributed by atoms with E-state index in [0.29, 0.717) is 11.6 Å². The third-order valence-electron chi connectivity index (χ3n) is 3.04. The first-order chi connectivity index (χ1) is 11.1. The molecule has 0 atom stereocenters. The molecule has 0 amide bonds. The molecule has 0 aliphatic rings. The number of hydrogen-bond acceptors (Lipinski definition) is 6. The zero-order chi connectivity index (χ0) is 16.8. The van der Waals surface area contributed by atoms with Crippen molar-refractivity contribution in [2.45, 2.75) is 6.92 Å². The van der Waals surface area contributed by atoms with Gasteiger partial charge in [-0.15, -0.1) is 5.10 Å². The number of hydrogen-bond donors (Lipinski definition) is 0. The number of ether oxygens (including phenoxy) is 4. The summed E-state index contributed by atoms with van der Waals surface area (Å²) in [6.07, 6.45) is 2.95. The Morgan fingerprint density at radius 1 is 1.22 bits per heavy atom. The number of rotatable bonds is 6. The van der Waals surface area contributed by atoms with Crippen molar-refractivity contribution in [2.24, 2.45) is 0 Å². The van der Waals surface area contributed by atoms with Gasteiger partial charge in [-0.25, -0.2) is 9.48 Å². The minimum Gasteiger partial charge on any atom is -0.500 e. The standard InChI is InChI=1S/C16H18N2O5/c1-11-5-6-12(18-8-7-15(17-18)21-3)9-13(11)23-14(10-20-2)16(19)22-4/h5-10H,1-4H3/b14-10-. The Balaban J connectivity index is 2.33. The van der Waals surface area contributed by atoms with Gasteiger partial charge in [-0.2, -0.15) is 0 Å². The molecule has 7 nitrogen and oxygen atoms in total. The molecule has 0 radical (unpaired) electrons. The Kier molecular flexibility index (Phi) is 5.24. The van der Waals surface area contributed by atoms with E-state index in [1.807, 2.05) is 19.1 Å². The molecule has 0 fully saturated rings. The van der Waals surface area contributed by atoms with Crippen LogP contribution in [-0.4, -0.2) is 37.1 Å². The highest BCUT2D eigenvalue weighted by Gasteiger charge is 2.15. The third kappa shape index (κ3) is 3.82. The molecule has 0 bridgehead atoms. The molecule has 2 aromatic rings. The zero-order valence-corrected chi connectivity index (χ0v) is 13.4. The zero-order valence-electron chi connectivity index (χ0n) is 13.4. The van der Waals surface area contributed by atoms with Gasteiger partial charge in [0, 0.05) is 18.3 Å². The maximum Gasteiger partial charge on any atom is 0.377 e. The van der Waals surface area contributed by atoms with Crippen LogP contribution in [0.2, 0.25) is 0 Å². The molecule has 23 heavy (non-hydrogen) atoms. The van der Waals surface area contributed by atoms with E-state index in [9.17, 15) is 4.79 Å². The van der Waals surface area contributed by atoms with Gasteiger partial charge in [0.15, 0.2) is 0 Å². The van der Waals surface area contributed by atoms with Crippen molar-refractivity contribution in [1.82, 2.24) is 9.78 Å². The fourth-order valence-electron chi connectivity index (χ4n) is 1.84. The summed E-state index contributed by atoms with van der Waals surface area (Å²) in [6, 6.07) is 7.24. The van der Waals surface area contributed by atoms with Gasteiger partial charge in [0.1, 0.15) is 12.0 Å². The van der Waals surface area contributed by atoms with Crippen LogP contribution in [-0.2, 0) is 14.3 Å². The summed E-state index contributed by atoms with van der Waals surface area (Å²) < 4.78 is 21.8. The van der Waals surface area contributed by atoms with E-state index in [1.54, 1.807) is 30.1 Å².